The molecule has 2 aromatic heterocycles. The Balaban J connectivity index is 1.67. The number of aryl methyl sites for hydroxylation is 1. The summed E-state index contributed by atoms with van der Waals surface area (Å²) < 4.78 is 21.1. The molecule has 0 saturated heterocycles. The minimum Gasteiger partial charge on any atom is -0.496 e. The second kappa shape index (κ2) is 7.00. The predicted octanol–water partition coefficient (Wildman–Crippen LogP) is 3.38. The van der Waals surface area contributed by atoms with Crippen LogP contribution in [0.1, 0.15) is 43.5 Å². The zero-order valence-corrected chi connectivity index (χ0v) is 16.9. The molecular formula is C20H23FN6O2. The molecule has 1 aliphatic rings. The number of nitrogens with zero attached hydrogens (tertiary/aromatic N) is 4. The van der Waals surface area contributed by atoms with Gasteiger partial charge in [-0.3, -0.25) is 0 Å². The number of aliphatic imine (C=N–C) groups is 1. The van der Waals surface area contributed by atoms with Crippen LogP contribution in [-0.2, 0) is 4.84 Å². The Hall–Kier alpha value is -3.20. The summed E-state index contributed by atoms with van der Waals surface area (Å²) in [6.45, 7) is 7.46. The van der Waals surface area contributed by atoms with Gasteiger partial charge in [0, 0.05) is 11.8 Å². The van der Waals surface area contributed by atoms with E-state index in [0.29, 0.717) is 23.1 Å². The third-order valence-corrected chi connectivity index (χ3v) is 4.71. The quantitative estimate of drug-likeness (QED) is 0.685. The highest BCUT2D eigenvalue weighted by Crippen LogP contribution is 2.31. The molecule has 4 rings (SSSR count). The highest BCUT2D eigenvalue weighted by molar-refractivity contribution is 6.03. The van der Waals surface area contributed by atoms with Crippen LogP contribution in [0.25, 0.3) is 5.65 Å². The lowest BCUT2D eigenvalue weighted by Gasteiger charge is -2.19. The molecule has 8 nitrogen and oxygen atoms in total. The van der Waals surface area contributed by atoms with Gasteiger partial charge in [0.25, 0.3) is 0 Å². The fourth-order valence-electron chi connectivity index (χ4n) is 3.38. The van der Waals surface area contributed by atoms with Crippen molar-refractivity contribution < 1.29 is 14.0 Å². The highest BCUT2D eigenvalue weighted by atomic mass is 19.1. The zero-order valence-electron chi connectivity index (χ0n) is 16.9. The van der Waals surface area contributed by atoms with Crippen molar-refractivity contribution in [2.75, 3.05) is 12.4 Å². The van der Waals surface area contributed by atoms with Gasteiger partial charge in [0.2, 0.25) is 0 Å². The highest BCUT2D eigenvalue weighted by Gasteiger charge is 2.28. The van der Waals surface area contributed by atoms with Gasteiger partial charge in [-0.1, -0.05) is 0 Å². The molecule has 1 aromatic carbocycles. The Kier molecular flexibility index (Phi) is 4.62. The maximum Gasteiger partial charge on any atom is 0.182 e. The van der Waals surface area contributed by atoms with Crippen molar-refractivity contribution in [3.05, 3.63) is 53.1 Å². The number of amidine groups is 1. The molecule has 0 fully saturated rings. The lowest BCUT2D eigenvalue weighted by atomic mass is 10.0. The molecule has 0 bridgehead atoms. The number of benzene rings is 1. The van der Waals surface area contributed by atoms with E-state index in [-0.39, 0.29) is 11.9 Å². The number of hydrogen-bond donors (Lipinski definition) is 2. The lowest BCUT2D eigenvalue weighted by Crippen LogP contribution is -2.23. The number of anilines is 1. The Morgan fingerprint density at radius 3 is 2.83 bits per heavy atom. The number of hydrogen-bond acceptors (Lipinski definition) is 7. The van der Waals surface area contributed by atoms with E-state index in [9.17, 15) is 4.39 Å². The first-order chi connectivity index (χ1) is 13.8. The molecule has 152 valence electrons. The summed E-state index contributed by atoms with van der Waals surface area (Å²) in [6, 6.07) is 4.51. The van der Waals surface area contributed by atoms with Crippen molar-refractivity contribution in [1.29, 1.82) is 0 Å². The van der Waals surface area contributed by atoms with Gasteiger partial charge in [-0.05, 0) is 51.5 Å². The predicted molar refractivity (Wildman–Crippen MR) is 108 cm³/mol. The van der Waals surface area contributed by atoms with Gasteiger partial charge in [0.15, 0.2) is 17.2 Å². The minimum absolute atomic E-state index is 0.232. The van der Waals surface area contributed by atoms with Crippen LogP contribution in [0.2, 0.25) is 0 Å². The van der Waals surface area contributed by atoms with E-state index in [1.54, 1.807) is 24.0 Å². The number of halogens is 1. The lowest BCUT2D eigenvalue weighted by molar-refractivity contribution is -0.0269. The Labute approximate surface area is 167 Å². The van der Waals surface area contributed by atoms with Gasteiger partial charge in [0.1, 0.15) is 17.4 Å². The molecule has 0 spiro atoms. The molecule has 1 aliphatic heterocycles. The third-order valence-electron chi connectivity index (χ3n) is 4.71. The first-order valence-electron chi connectivity index (χ1n) is 9.26. The van der Waals surface area contributed by atoms with Crippen molar-refractivity contribution >= 4 is 17.3 Å². The molecule has 2 N–H and O–H groups in total. The van der Waals surface area contributed by atoms with E-state index in [0.717, 1.165) is 16.7 Å². The van der Waals surface area contributed by atoms with Crippen LogP contribution in [0, 0.1) is 12.7 Å². The maximum atomic E-state index is 14.0. The average molecular weight is 398 g/mol. The number of hydroxylamine groups is 1. The molecule has 3 heterocycles. The van der Waals surface area contributed by atoms with Crippen LogP contribution in [0.5, 0.6) is 5.75 Å². The first kappa shape index (κ1) is 19.1. The average Bonchev–Trinajstić information content (AvgIpc) is 3.23. The topological polar surface area (TPSA) is 85.1 Å². The number of fused-ring (bicyclic) bond motifs is 1. The van der Waals surface area contributed by atoms with Crippen molar-refractivity contribution in [1.82, 2.24) is 20.1 Å². The summed E-state index contributed by atoms with van der Waals surface area (Å²) in [5.74, 6) is 1.54. The molecule has 0 aliphatic carbocycles. The van der Waals surface area contributed by atoms with Crippen LogP contribution < -0.4 is 15.5 Å². The fraction of sp³-hybridized carbons (Fsp3) is 0.350. The summed E-state index contributed by atoms with van der Waals surface area (Å²) in [5.41, 5.74) is 4.99. The summed E-state index contributed by atoms with van der Waals surface area (Å²) in [6.07, 6.45) is 3.49. The van der Waals surface area contributed by atoms with E-state index < -0.39 is 5.72 Å². The van der Waals surface area contributed by atoms with Crippen molar-refractivity contribution in [2.45, 2.75) is 39.5 Å². The molecule has 0 saturated carbocycles. The molecule has 9 heteroatoms. The van der Waals surface area contributed by atoms with Gasteiger partial charge in [-0.15, -0.1) is 0 Å². The summed E-state index contributed by atoms with van der Waals surface area (Å²) in [7, 11) is 1.58. The number of methoxy groups -OCH3 is 1. The Morgan fingerprint density at radius 1 is 1.34 bits per heavy atom. The monoisotopic (exact) mass is 398 g/mol. The molecular weight excluding hydrogens is 375 g/mol. The molecule has 0 radical (unpaired) electrons. The SMILES string of the molecule is COc1c(C)cc(F)cc1[C@H](C)Nc1ccn2ncc(C3=NC(C)(C)ON3)c2n1. The Bertz CT molecular complexity index is 1110. The van der Waals surface area contributed by atoms with E-state index in [1.165, 1.54) is 12.1 Å². The van der Waals surface area contributed by atoms with E-state index >= 15 is 0 Å². The molecule has 0 unspecified atom stereocenters. The maximum absolute atomic E-state index is 14.0. The Morgan fingerprint density at radius 2 is 2.14 bits per heavy atom. The number of rotatable bonds is 5. The number of aromatic nitrogens is 3. The van der Waals surface area contributed by atoms with Crippen LogP contribution >= 0.6 is 0 Å². The van der Waals surface area contributed by atoms with Gasteiger partial charge in [-0.2, -0.15) is 5.10 Å². The normalized spacial score (nSPS) is 16.4. The molecule has 3 aromatic rings. The molecule has 1 atom stereocenters. The van der Waals surface area contributed by atoms with Gasteiger partial charge >= 0.3 is 0 Å². The molecule has 29 heavy (non-hydrogen) atoms. The van der Waals surface area contributed by atoms with E-state index in [2.05, 4.69) is 25.9 Å². The van der Waals surface area contributed by atoms with Gasteiger partial charge in [0.05, 0.1) is 24.9 Å². The second-order valence-corrected chi connectivity index (χ2v) is 7.46. The first-order valence-corrected chi connectivity index (χ1v) is 9.26. The second-order valence-electron chi connectivity index (χ2n) is 7.46. The van der Waals surface area contributed by atoms with Crippen LogP contribution in [0.3, 0.4) is 0 Å². The van der Waals surface area contributed by atoms with Gasteiger partial charge < -0.3 is 10.1 Å². The number of ether oxygens (including phenoxy) is 1. The standard InChI is InChI=1S/C20H23FN6O2/c1-11-8-13(21)9-14(17(11)28-5)12(2)23-16-6-7-27-19(24-16)15(10-22-27)18-25-20(3,4)29-26-18/h6-10,12H,1-5H3,(H,23,24)(H,25,26)/t12-/m0/s1. The zero-order chi connectivity index (χ0) is 20.8. The van der Waals surface area contributed by atoms with E-state index in [4.69, 9.17) is 9.57 Å². The van der Waals surface area contributed by atoms with Crippen LogP contribution in [0.15, 0.2) is 35.6 Å². The molecule has 0 amide bonds. The minimum atomic E-state index is -0.653. The fourth-order valence-corrected chi connectivity index (χ4v) is 3.38. The number of nitrogens with one attached hydrogen (secondary N) is 2. The van der Waals surface area contributed by atoms with Crippen molar-refractivity contribution in [3.8, 4) is 5.75 Å². The van der Waals surface area contributed by atoms with Crippen molar-refractivity contribution in [2.24, 2.45) is 4.99 Å². The van der Waals surface area contributed by atoms with Crippen molar-refractivity contribution in [3.63, 3.8) is 0 Å². The third kappa shape index (κ3) is 3.61. The largest absolute Gasteiger partial charge is 0.496 e. The van der Waals surface area contributed by atoms with Crippen LogP contribution in [-0.4, -0.2) is 33.3 Å². The summed E-state index contributed by atoms with van der Waals surface area (Å²) in [4.78, 5) is 14.6. The summed E-state index contributed by atoms with van der Waals surface area (Å²) >= 11 is 0. The smallest absolute Gasteiger partial charge is 0.182 e. The summed E-state index contributed by atoms with van der Waals surface area (Å²) in [5, 5.41) is 7.63. The van der Waals surface area contributed by atoms with Crippen LogP contribution in [0.4, 0.5) is 10.2 Å². The van der Waals surface area contributed by atoms with E-state index in [1.807, 2.05) is 33.8 Å². The van der Waals surface area contributed by atoms with Gasteiger partial charge in [-0.25, -0.2) is 29.2 Å².